The second-order valence-corrected chi connectivity index (χ2v) is 6.38. The third-order valence-corrected chi connectivity index (χ3v) is 4.89. The minimum Gasteiger partial charge on any atom is -0.378 e. The molecule has 0 radical (unpaired) electrons. The fraction of sp³-hybridized carbons (Fsp3) is 0.812. The van der Waals surface area contributed by atoms with E-state index in [4.69, 9.17) is 0 Å². The number of carbonyl (C=O) groups excluding carboxylic acids is 1. The molecule has 2 rings (SSSR count). The lowest BCUT2D eigenvalue weighted by atomic mass is 9.72. The van der Waals surface area contributed by atoms with Crippen LogP contribution in [0.25, 0.3) is 0 Å². The molecule has 108 valence electrons. The van der Waals surface area contributed by atoms with Gasteiger partial charge in [-0.2, -0.15) is 0 Å². The number of hydrogen-bond acceptors (Lipinski definition) is 3. The third kappa shape index (κ3) is 2.58. The number of rotatable bonds is 3. The largest absolute Gasteiger partial charge is 0.378 e. The molecule has 2 aliphatic rings. The smallest absolute Gasteiger partial charge is 0.139 e. The summed E-state index contributed by atoms with van der Waals surface area (Å²) in [6.07, 6.45) is 4.01. The number of likely N-dealkylation sites (N-methyl/N-ethyl adjacent to an activating group) is 1. The van der Waals surface area contributed by atoms with Gasteiger partial charge in [0.05, 0.1) is 0 Å². The molecule has 3 nitrogen and oxygen atoms in total. The van der Waals surface area contributed by atoms with Crippen LogP contribution >= 0.6 is 0 Å². The van der Waals surface area contributed by atoms with E-state index in [-0.39, 0.29) is 5.92 Å². The molecule has 3 atom stereocenters. The Balaban J connectivity index is 2.47. The van der Waals surface area contributed by atoms with Crippen molar-refractivity contribution in [1.82, 2.24) is 9.80 Å². The van der Waals surface area contributed by atoms with E-state index in [0.29, 0.717) is 24.2 Å². The molecular formula is C16H28N2O. The van der Waals surface area contributed by atoms with Gasteiger partial charge < -0.3 is 9.80 Å². The highest BCUT2D eigenvalue weighted by Gasteiger charge is 2.39. The predicted octanol–water partition coefficient (Wildman–Crippen LogP) is 2.53. The molecule has 3 unspecified atom stereocenters. The molecule has 0 fully saturated rings. The Bertz CT molecular complexity index is 380. The van der Waals surface area contributed by atoms with Crippen LogP contribution < -0.4 is 0 Å². The van der Waals surface area contributed by atoms with Gasteiger partial charge in [-0.3, -0.25) is 4.79 Å². The molecule has 0 aromatic rings. The van der Waals surface area contributed by atoms with E-state index >= 15 is 0 Å². The van der Waals surface area contributed by atoms with Crippen molar-refractivity contribution in [3.63, 3.8) is 0 Å². The Morgan fingerprint density at radius 1 is 1.32 bits per heavy atom. The zero-order valence-electron chi connectivity index (χ0n) is 13.1. The fourth-order valence-corrected chi connectivity index (χ4v) is 3.88. The Labute approximate surface area is 117 Å². The normalized spacial score (nSPS) is 31.7. The molecule has 0 aromatic carbocycles. The summed E-state index contributed by atoms with van der Waals surface area (Å²) < 4.78 is 0. The van der Waals surface area contributed by atoms with Crippen molar-refractivity contribution in [2.45, 2.75) is 45.6 Å². The number of carbonyl (C=O) groups is 1. The monoisotopic (exact) mass is 264 g/mol. The van der Waals surface area contributed by atoms with Crippen molar-refractivity contribution in [1.29, 1.82) is 0 Å². The van der Waals surface area contributed by atoms with E-state index in [0.717, 1.165) is 25.8 Å². The van der Waals surface area contributed by atoms with Gasteiger partial charge >= 0.3 is 0 Å². The molecule has 3 heteroatoms. The fourth-order valence-electron chi connectivity index (χ4n) is 3.88. The van der Waals surface area contributed by atoms with Crippen LogP contribution in [0.1, 0.15) is 39.5 Å². The molecule has 0 saturated carbocycles. The number of allylic oxidation sites excluding steroid dienone is 1. The predicted molar refractivity (Wildman–Crippen MR) is 78.9 cm³/mol. The first-order valence-corrected chi connectivity index (χ1v) is 7.61. The van der Waals surface area contributed by atoms with Gasteiger partial charge in [0.1, 0.15) is 5.78 Å². The van der Waals surface area contributed by atoms with Crippen LogP contribution in [0.4, 0.5) is 0 Å². The molecule has 19 heavy (non-hydrogen) atoms. The highest BCUT2D eigenvalue weighted by atomic mass is 16.1. The van der Waals surface area contributed by atoms with Gasteiger partial charge in [0.2, 0.25) is 0 Å². The van der Waals surface area contributed by atoms with Crippen LogP contribution in [-0.4, -0.2) is 49.3 Å². The zero-order chi connectivity index (χ0) is 14.2. The first-order valence-electron chi connectivity index (χ1n) is 7.61. The molecule has 1 aliphatic heterocycles. The van der Waals surface area contributed by atoms with Gasteiger partial charge in [0.15, 0.2) is 0 Å². The average Bonchev–Trinajstić information content (AvgIpc) is 2.38. The summed E-state index contributed by atoms with van der Waals surface area (Å²) in [5, 5.41) is 0. The maximum absolute atomic E-state index is 12.3. The lowest BCUT2D eigenvalue weighted by molar-refractivity contribution is -0.122. The van der Waals surface area contributed by atoms with Crippen LogP contribution in [0, 0.1) is 11.8 Å². The van der Waals surface area contributed by atoms with Gasteiger partial charge in [-0.25, -0.2) is 0 Å². The Kier molecular flexibility index (Phi) is 4.34. The summed E-state index contributed by atoms with van der Waals surface area (Å²) in [5.41, 5.74) is 2.90. The van der Waals surface area contributed by atoms with E-state index in [9.17, 15) is 4.79 Å². The molecule has 1 heterocycles. The quantitative estimate of drug-likeness (QED) is 0.782. The number of Topliss-reactive ketones (excluding diaryl/α,β-unsaturated/α-hetero) is 1. The van der Waals surface area contributed by atoms with Gasteiger partial charge in [-0.05, 0) is 44.8 Å². The topological polar surface area (TPSA) is 23.6 Å². The molecule has 1 aliphatic carbocycles. The Morgan fingerprint density at radius 3 is 2.58 bits per heavy atom. The second-order valence-electron chi connectivity index (χ2n) is 6.38. The molecule has 0 amide bonds. The van der Waals surface area contributed by atoms with Crippen molar-refractivity contribution >= 4 is 5.78 Å². The van der Waals surface area contributed by atoms with Crippen molar-refractivity contribution in [3.05, 3.63) is 11.3 Å². The summed E-state index contributed by atoms with van der Waals surface area (Å²) >= 11 is 0. The summed E-state index contributed by atoms with van der Waals surface area (Å²) in [6, 6.07) is 0.453. The van der Waals surface area contributed by atoms with E-state index < -0.39 is 0 Å². The van der Waals surface area contributed by atoms with Gasteiger partial charge in [0, 0.05) is 37.7 Å². The van der Waals surface area contributed by atoms with Crippen LogP contribution in [0.3, 0.4) is 0 Å². The highest BCUT2D eigenvalue weighted by Crippen LogP contribution is 2.42. The number of hydrogen-bond donors (Lipinski definition) is 0. The van der Waals surface area contributed by atoms with Crippen molar-refractivity contribution in [2.24, 2.45) is 11.8 Å². The van der Waals surface area contributed by atoms with Crippen LogP contribution in [0.5, 0.6) is 0 Å². The standard InChI is InChI=1S/C16H28N2O/c1-6-14(19)12-8-7-11(2)16-15(12)13(17(3)4)9-10-18(16)5/h11-13H,6-10H2,1-5H3. The minimum atomic E-state index is 0.173. The Hall–Kier alpha value is -0.830. The molecule has 0 aromatic heterocycles. The Morgan fingerprint density at radius 2 is 2.00 bits per heavy atom. The minimum absolute atomic E-state index is 0.173. The lowest BCUT2D eigenvalue weighted by Crippen LogP contribution is -2.46. The average molecular weight is 264 g/mol. The van der Waals surface area contributed by atoms with E-state index in [1.807, 2.05) is 6.92 Å². The maximum Gasteiger partial charge on any atom is 0.139 e. The van der Waals surface area contributed by atoms with E-state index in [1.165, 1.54) is 11.3 Å². The molecule has 0 spiro atoms. The van der Waals surface area contributed by atoms with Crippen molar-refractivity contribution in [3.8, 4) is 0 Å². The van der Waals surface area contributed by atoms with Crippen LogP contribution in [0.2, 0.25) is 0 Å². The highest BCUT2D eigenvalue weighted by molar-refractivity contribution is 5.84. The summed E-state index contributed by atoms with van der Waals surface area (Å²) in [4.78, 5) is 17.0. The van der Waals surface area contributed by atoms with Crippen LogP contribution in [0.15, 0.2) is 11.3 Å². The van der Waals surface area contributed by atoms with Gasteiger partial charge in [-0.1, -0.05) is 13.8 Å². The SMILES string of the molecule is CCC(=O)C1CCC(C)C2=C1C(N(C)C)CCN2C. The van der Waals surface area contributed by atoms with E-state index in [2.05, 4.69) is 37.9 Å². The third-order valence-electron chi connectivity index (χ3n) is 4.89. The summed E-state index contributed by atoms with van der Waals surface area (Å²) in [6.45, 7) is 5.42. The molecular weight excluding hydrogens is 236 g/mol. The van der Waals surface area contributed by atoms with Crippen LogP contribution in [-0.2, 0) is 4.79 Å². The van der Waals surface area contributed by atoms with Crippen molar-refractivity contribution < 1.29 is 4.79 Å². The molecule has 0 N–H and O–H groups in total. The number of ketones is 1. The van der Waals surface area contributed by atoms with Gasteiger partial charge in [0.25, 0.3) is 0 Å². The van der Waals surface area contributed by atoms with E-state index in [1.54, 1.807) is 0 Å². The maximum atomic E-state index is 12.3. The van der Waals surface area contributed by atoms with Crippen molar-refractivity contribution in [2.75, 3.05) is 27.7 Å². The summed E-state index contributed by atoms with van der Waals surface area (Å²) in [7, 11) is 6.48. The second kappa shape index (κ2) is 5.66. The first-order chi connectivity index (χ1) is 8.97. The lowest BCUT2D eigenvalue weighted by Gasteiger charge is -2.46. The number of nitrogens with zero attached hydrogens (tertiary/aromatic N) is 2. The summed E-state index contributed by atoms with van der Waals surface area (Å²) in [5.74, 6) is 1.21. The molecule has 0 saturated heterocycles. The van der Waals surface area contributed by atoms with Gasteiger partial charge in [-0.15, -0.1) is 0 Å². The molecule has 0 bridgehead atoms. The first kappa shape index (κ1) is 14.6. The zero-order valence-corrected chi connectivity index (χ0v) is 13.1.